The number of nitrogens with one attached hydrogen (secondary N) is 1. The summed E-state index contributed by atoms with van der Waals surface area (Å²) in [6, 6.07) is 14.9. The molecule has 7 heteroatoms. The van der Waals surface area contributed by atoms with Crippen LogP contribution in [-0.2, 0) is 21.1 Å². The van der Waals surface area contributed by atoms with Gasteiger partial charge in [0.05, 0.1) is 5.75 Å². The normalized spacial score (nSPS) is 17.1. The van der Waals surface area contributed by atoms with Gasteiger partial charge < -0.3 is 14.8 Å². The lowest BCUT2D eigenvalue weighted by atomic mass is 9.94. The number of rotatable bonds is 7. The highest BCUT2D eigenvalue weighted by Gasteiger charge is 2.42. The summed E-state index contributed by atoms with van der Waals surface area (Å²) in [4.78, 5) is 12.3. The summed E-state index contributed by atoms with van der Waals surface area (Å²) in [5, 5.41) is 2.67. The van der Waals surface area contributed by atoms with Crippen LogP contribution in [-0.4, -0.2) is 31.6 Å². The number of hydrogen-bond donors (Lipinski definition) is 1. The van der Waals surface area contributed by atoms with E-state index < -0.39 is 27.3 Å². The van der Waals surface area contributed by atoms with Crippen LogP contribution >= 0.6 is 0 Å². The first-order valence-corrected chi connectivity index (χ1v) is 12.3. The Morgan fingerprint density at radius 1 is 0.967 bits per heavy atom. The van der Waals surface area contributed by atoms with Crippen molar-refractivity contribution in [2.24, 2.45) is 0 Å². The van der Waals surface area contributed by atoms with Crippen molar-refractivity contribution in [2.75, 3.05) is 16.8 Å². The van der Waals surface area contributed by atoms with Gasteiger partial charge in [-0.15, -0.1) is 0 Å². The second-order valence-electron chi connectivity index (χ2n) is 8.07. The van der Waals surface area contributed by atoms with Gasteiger partial charge in [0, 0.05) is 24.6 Å². The number of aryl methyl sites for hydroxylation is 1. The zero-order valence-electron chi connectivity index (χ0n) is 16.9. The van der Waals surface area contributed by atoms with Crippen molar-refractivity contribution in [3.05, 3.63) is 54.1 Å². The molecule has 0 aromatic heterocycles. The number of carbonyl (C=O) groups excluding carboxylic acids is 1. The largest absolute Gasteiger partial charge is 0.448 e. The summed E-state index contributed by atoms with van der Waals surface area (Å²) in [6.07, 6.45) is 6.19. The number of fused-ring (bicyclic) bond motifs is 1. The van der Waals surface area contributed by atoms with Gasteiger partial charge in [-0.25, -0.2) is 8.42 Å². The highest BCUT2D eigenvalue weighted by molar-refractivity contribution is 7.92. The molecule has 6 nitrogen and oxygen atoms in total. The molecule has 1 aliphatic carbocycles. The molecule has 0 unspecified atom stereocenters. The van der Waals surface area contributed by atoms with Crippen molar-refractivity contribution in [3.8, 4) is 11.5 Å². The topological polar surface area (TPSA) is 81.7 Å². The zero-order valence-corrected chi connectivity index (χ0v) is 17.7. The number of carbonyl (C=O) groups is 1. The van der Waals surface area contributed by atoms with E-state index in [-0.39, 0.29) is 5.75 Å². The van der Waals surface area contributed by atoms with Crippen LogP contribution in [0.25, 0.3) is 0 Å². The van der Waals surface area contributed by atoms with Crippen molar-refractivity contribution in [1.29, 1.82) is 0 Å². The maximum atomic E-state index is 12.3. The molecule has 160 valence electrons. The molecule has 4 rings (SSSR count). The third kappa shape index (κ3) is 5.14. The predicted molar refractivity (Wildman–Crippen MR) is 116 cm³/mol. The SMILES string of the molecule is O=C(CS(=O)(=O)CCCc1ccccc1)Nc1ccc2c(c1)OC1(CCCCC1)O2. The van der Waals surface area contributed by atoms with E-state index in [1.54, 1.807) is 18.2 Å². The summed E-state index contributed by atoms with van der Waals surface area (Å²) in [5.41, 5.74) is 1.60. The third-order valence-electron chi connectivity index (χ3n) is 5.55. The lowest BCUT2D eigenvalue weighted by molar-refractivity contribution is -0.113. The molecule has 0 bridgehead atoms. The molecular formula is C23H27NO5S. The van der Waals surface area contributed by atoms with Gasteiger partial charge in [0.25, 0.3) is 5.79 Å². The Labute approximate surface area is 177 Å². The summed E-state index contributed by atoms with van der Waals surface area (Å²) < 4.78 is 36.7. The zero-order chi connectivity index (χ0) is 21.0. The smallest absolute Gasteiger partial charge is 0.251 e. The molecule has 2 aromatic rings. The Hall–Kier alpha value is -2.54. The van der Waals surface area contributed by atoms with Gasteiger partial charge in [0.2, 0.25) is 5.91 Å². The number of amides is 1. The molecule has 1 spiro atoms. The molecule has 1 saturated carbocycles. The minimum absolute atomic E-state index is 0.0149. The lowest BCUT2D eigenvalue weighted by Gasteiger charge is -2.31. The standard InChI is InChI=1S/C23H27NO5S/c25-22(17-30(26,27)15-7-10-18-8-3-1-4-9-18)24-19-11-12-20-21(16-19)29-23(28-20)13-5-2-6-14-23/h1,3-4,8-9,11-12,16H,2,5-7,10,13-15,17H2,(H,24,25). The van der Waals surface area contributed by atoms with Crippen molar-refractivity contribution in [1.82, 2.24) is 0 Å². The van der Waals surface area contributed by atoms with E-state index in [0.29, 0.717) is 30.0 Å². The summed E-state index contributed by atoms with van der Waals surface area (Å²) in [7, 11) is -3.47. The van der Waals surface area contributed by atoms with E-state index in [0.717, 1.165) is 31.2 Å². The molecule has 2 aliphatic rings. The Kier molecular flexibility index (Phi) is 5.99. The van der Waals surface area contributed by atoms with E-state index in [4.69, 9.17) is 9.47 Å². The van der Waals surface area contributed by atoms with Crippen molar-refractivity contribution < 1.29 is 22.7 Å². The number of benzene rings is 2. The van der Waals surface area contributed by atoms with E-state index in [1.165, 1.54) is 6.42 Å². The highest BCUT2D eigenvalue weighted by atomic mass is 32.2. The van der Waals surface area contributed by atoms with Crippen LogP contribution in [0.2, 0.25) is 0 Å². The van der Waals surface area contributed by atoms with Crippen LogP contribution in [0.4, 0.5) is 5.69 Å². The molecule has 1 N–H and O–H groups in total. The Morgan fingerprint density at radius 2 is 1.70 bits per heavy atom. The van der Waals surface area contributed by atoms with Crippen molar-refractivity contribution in [3.63, 3.8) is 0 Å². The van der Waals surface area contributed by atoms with Gasteiger partial charge in [0.1, 0.15) is 5.75 Å². The van der Waals surface area contributed by atoms with Gasteiger partial charge in [-0.2, -0.15) is 0 Å². The number of anilines is 1. The van der Waals surface area contributed by atoms with Crippen molar-refractivity contribution >= 4 is 21.4 Å². The lowest BCUT2D eigenvalue weighted by Crippen LogP contribution is -2.40. The number of sulfone groups is 1. The molecule has 1 fully saturated rings. The second-order valence-corrected chi connectivity index (χ2v) is 10.3. The van der Waals surface area contributed by atoms with Gasteiger partial charge >= 0.3 is 0 Å². The van der Waals surface area contributed by atoms with Crippen LogP contribution in [0.1, 0.15) is 44.1 Å². The van der Waals surface area contributed by atoms with E-state index in [1.807, 2.05) is 30.3 Å². The van der Waals surface area contributed by atoms with Gasteiger partial charge in [0.15, 0.2) is 21.3 Å². The average molecular weight is 430 g/mol. The first-order valence-electron chi connectivity index (χ1n) is 10.5. The second kappa shape index (κ2) is 8.68. The van der Waals surface area contributed by atoms with E-state index >= 15 is 0 Å². The van der Waals surface area contributed by atoms with E-state index in [2.05, 4.69) is 5.32 Å². The van der Waals surface area contributed by atoms with Crippen molar-refractivity contribution in [2.45, 2.75) is 50.7 Å². The number of hydrogen-bond acceptors (Lipinski definition) is 5. The molecule has 1 amide bonds. The summed E-state index contributed by atoms with van der Waals surface area (Å²) in [5.74, 6) is -0.394. The van der Waals surface area contributed by atoms with Crippen LogP contribution in [0, 0.1) is 0 Å². The number of ether oxygens (including phenoxy) is 2. The first-order chi connectivity index (χ1) is 14.4. The van der Waals surface area contributed by atoms with E-state index in [9.17, 15) is 13.2 Å². The molecule has 0 radical (unpaired) electrons. The first kappa shape index (κ1) is 20.7. The molecule has 1 heterocycles. The Bertz CT molecular complexity index is 998. The minimum atomic E-state index is -3.47. The summed E-state index contributed by atoms with van der Waals surface area (Å²) in [6.45, 7) is 0. The van der Waals surface area contributed by atoms with Gasteiger partial charge in [-0.3, -0.25) is 4.79 Å². The van der Waals surface area contributed by atoms with Crippen LogP contribution < -0.4 is 14.8 Å². The molecule has 2 aromatic carbocycles. The molecule has 1 aliphatic heterocycles. The Morgan fingerprint density at radius 3 is 2.47 bits per heavy atom. The highest BCUT2D eigenvalue weighted by Crippen LogP contribution is 2.46. The van der Waals surface area contributed by atoms with Crippen LogP contribution in [0.3, 0.4) is 0 Å². The molecular weight excluding hydrogens is 402 g/mol. The molecule has 0 saturated heterocycles. The average Bonchev–Trinajstić information content (AvgIpc) is 3.05. The third-order valence-corrected chi connectivity index (χ3v) is 7.16. The minimum Gasteiger partial charge on any atom is -0.448 e. The quantitative estimate of drug-likeness (QED) is 0.716. The maximum Gasteiger partial charge on any atom is 0.251 e. The van der Waals surface area contributed by atoms with Crippen LogP contribution in [0.15, 0.2) is 48.5 Å². The van der Waals surface area contributed by atoms with Crippen LogP contribution in [0.5, 0.6) is 11.5 Å². The molecule has 0 atom stereocenters. The Balaban J connectivity index is 1.29. The van der Waals surface area contributed by atoms with Gasteiger partial charge in [-0.1, -0.05) is 36.8 Å². The summed E-state index contributed by atoms with van der Waals surface area (Å²) >= 11 is 0. The van der Waals surface area contributed by atoms with Gasteiger partial charge in [-0.05, 0) is 43.4 Å². The fourth-order valence-corrected chi connectivity index (χ4v) is 5.28. The molecule has 30 heavy (non-hydrogen) atoms. The maximum absolute atomic E-state index is 12.3. The predicted octanol–water partition coefficient (Wildman–Crippen LogP) is 4.10. The fourth-order valence-electron chi connectivity index (χ4n) is 4.08. The monoisotopic (exact) mass is 429 g/mol. The fraction of sp³-hybridized carbons (Fsp3) is 0.435.